The summed E-state index contributed by atoms with van der Waals surface area (Å²) in [5.41, 5.74) is 5.55. The number of methoxy groups -OCH3 is 1. The lowest BCUT2D eigenvalue weighted by atomic mass is 9.97. The first-order chi connectivity index (χ1) is 12.8. The van der Waals surface area contributed by atoms with Crippen molar-refractivity contribution in [3.05, 3.63) is 34.8 Å². The number of pyridine rings is 1. The van der Waals surface area contributed by atoms with Gasteiger partial charge in [-0.1, -0.05) is 13.8 Å². The molecule has 3 heterocycles. The lowest BCUT2D eigenvalue weighted by molar-refractivity contribution is -0.146. The number of nitrogens with zero attached hydrogens (tertiary/aromatic N) is 4. The fourth-order valence-electron chi connectivity index (χ4n) is 4.18. The molecule has 0 unspecified atom stereocenters. The largest absolute Gasteiger partial charge is 0.469 e. The Bertz CT molecular complexity index is 833. The SMILES string of the molecule is COC(=O)C1CCN(c2ccc(-n3nc(C)c(C(C)C)c3C)c(C)n2)CC1. The number of hydrogen-bond acceptors (Lipinski definition) is 5. The van der Waals surface area contributed by atoms with Crippen LogP contribution in [0.25, 0.3) is 5.69 Å². The van der Waals surface area contributed by atoms with Crippen molar-refractivity contribution in [2.24, 2.45) is 5.92 Å². The number of rotatable bonds is 4. The molecule has 0 radical (unpaired) electrons. The van der Waals surface area contributed by atoms with Crippen LogP contribution in [-0.2, 0) is 9.53 Å². The van der Waals surface area contributed by atoms with E-state index in [0.717, 1.165) is 48.8 Å². The maximum Gasteiger partial charge on any atom is 0.308 e. The first kappa shape index (κ1) is 19.4. The Morgan fingerprint density at radius 2 is 1.81 bits per heavy atom. The molecule has 0 aromatic carbocycles. The van der Waals surface area contributed by atoms with Gasteiger partial charge in [-0.05, 0) is 57.2 Å². The highest BCUT2D eigenvalue weighted by molar-refractivity contribution is 5.72. The summed E-state index contributed by atoms with van der Waals surface area (Å²) in [6.07, 6.45) is 1.62. The van der Waals surface area contributed by atoms with Crippen LogP contribution in [0.5, 0.6) is 0 Å². The Morgan fingerprint density at radius 1 is 1.15 bits per heavy atom. The van der Waals surface area contributed by atoms with Gasteiger partial charge >= 0.3 is 5.97 Å². The predicted octanol–water partition coefficient (Wildman–Crippen LogP) is 3.71. The highest BCUT2D eigenvalue weighted by Gasteiger charge is 2.26. The molecule has 1 fully saturated rings. The Kier molecular flexibility index (Phi) is 5.53. The third kappa shape index (κ3) is 3.70. The number of carbonyl (C=O) groups excluding carboxylic acids is 1. The lowest BCUT2D eigenvalue weighted by Crippen LogP contribution is -2.37. The van der Waals surface area contributed by atoms with Crippen molar-refractivity contribution in [3.8, 4) is 5.69 Å². The van der Waals surface area contributed by atoms with Crippen molar-refractivity contribution in [2.75, 3.05) is 25.1 Å². The van der Waals surface area contributed by atoms with Gasteiger partial charge < -0.3 is 9.64 Å². The molecule has 3 rings (SSSR count). The molecule has 0 saturated carbocycles. The first-order valence-electron chi connectivity index (χ1n) is 9.70. The Balaban J connectivity index is 1.81. The van der Waals surface area contributed by atoms with Gasteiger partial charge in [0.05, 0.1) is 30.1 Å². The van der Waals surface area contributed by atoms with E-state index < -0.39 is 0 Å². The zero-order valence-corrected chi connectivity index (χ0v) is 17.2. The van der Waals surface area contributed by atoms with Crippen LogP contribution in [0, 0.1) is 26.7 Å². The van der Waals surface area contributed by atoms with Crippen molar-refractivity contribution in [3.63, 3.8) is 0 Å². The fourth-order valence-corrected chi connectivity index (χ4v) is 4.18. The number of aryl methyl sites for hydroxylation is 2. The minimum absolute atomic E-state index is 0.00998. The second-order valence-electron chi connectivity index (χ2n) is 7.71. The van der Waals surface area contributed by atoms with Gasteiger partial charge in [0, 0.05) is 18.8 Å². The van der Waals surface area contributed by atoms with E-state index in [1.807, 2.05) is 11.6 Å². The summed E-state index contributed by atoms with van der Waals surface area (Å²) in [6, 6.07) is 4.17. The topological polar surface area (TPSA) is 60.2 Å². The average Bonchev–Trinajstić information content (AvgIpc) is 2.95. The van der Waals surface area contributed by atoms with Gasteiger partial charge in [-0.2, -0.15) is 5.10 Å². The van der Waals surface area contributed by atoms with Gasteiger partial charge in [0.25, 0.3) is 0 Å². The van der Waals surface area contributed by atoms with Crippen LogP contribution in [-0.4, -0.2) is 40.9 Å². The van der Waals surface area contributed by atoms with E-state index in [1.165, 1.54) is 18.4 Å². The number of piperidine rings is 1. The van der Waals surface area contributed by atoms with Crippen molar-refractivity contribution in [2.45, 2.75) is 53.4 Å². The zero-order valence-electron chi connectivity index (χ0n) is 17.2. The number of carbonyl (C=O) groups is 1. The molecule has 6 heteroatoms. The molecule has 0 amide bonds. The molecule has 6 nitrogen and oxygen atoms in total. The van der Waals surface area contributed by atoms with Crippen LogP contribution in [0.15, 0.2) is 12.1 Å². The van der Waals surface area contributed by atoms with Crippen LogP contribution < -0.4 is 4.90 Å². The van der Waals surface area contributed by atoms with Crippen LogP contribution in [0.1, 0.15) is 55.3 Å². The molecule has 2 aromatic rings. The average molecular weight is 370 g/mol. The van der Waals surface area contributed by atoms with Crippen LogP contribution in [0.2, 0.25) is 0 Å². The zero-order chi connectivity index (χ0) is 19.7. The number of esters is 1. The Morgan fingerprint density at radius 3 is 2.33 bits per heavy atom. The maximum atomic E-state index is 11.7. The van der Waals surface area contributed by atoms with E-state index >= 15 is 0 Å². The van der Waals surface area contributed by atoms with Gasteiger partial charge in [-0.25, -0.2) is 9.67 Å². The summed E-state index contributed by atoms with van der Waals surface area (Å²) in [5.74, 6) is 1.32. The van der Waals surface area contributed by atoms with E-state index in [4.69, 9.17) is 14.8 Å². The third-order valence-corrected chi connectivity index (χ3v) is 5.55. The smallest absolute Gasteiger partial charge is 0.308 e. The van der Waals surface area contributed by atoms with Gasteiger partial charge in [0.2, 0.25) is 0 Å². The molecule has 1 aliphatic heterocycles. The Labute approximate surface area is 161 Å². The normalized spacial score (nSPS) is 15.4. The van der Waals surface area contributed by atoms with Crippen LogP contribution >= 0.6 is 0 Å². The van der Waals surface area contributed by atoms with Gasteiger partial charge in [0.15, 0.2) is 0 Å². The summed E-state index contributed by atoms with van der Waals surface area (Å²) < 4.78 is 6.89. The summed E-state index contributed by atoms with van der Waals surface area (Å²) in [5, 5.41) is 4.76. The molecule has 1 aliphatic rings. The molecule has 0 spiro atoms. The second kappa shape index (κ2) is 7.71. The number of anilines is 1. The molecule has 2 aromatic heterocycles. The van der Waals surface area contributed by atoms with Crippen molar-refractivity contribution < 1.29 is 9.53 Å². The first-order valence-corrected chi connectivity index (χ1v) is 9.70. The molecular formula is C21H30N4O2. The van der Waals surface area contributed by atoms with Gasteiger partial charge in [0.1, 0.15) is 5.82 Å². The molecular weight excluding hydrogens is 340 g/mol. The molecule has 27 heavy (non-hydrogen) atoms. The van der Waals surface area contributed by atoms with Gasteiger partial charge in [-0.15, -0.1) is 0 Å². The quantitative estimate of drug-likeness (QED) is 0.768. The maximum absolute atomic E-state index is 11.7. The van der Waals surface area contributed by atoms with Crippen LogP contribution in [0.3, 0.4) is 0 Å². The van der Waals surface area contributed by atoms with Crippen molar-refractivity contribution >= 4 is 11.8 Å². The molecule has 0 bridgehead atoms. The van der Waals surface area contributed by atoms with Crippen molar-refractivity contribution in [1.82, 2.24) is 14.8 Å². The highest BCUT2D eigenvalue weighted by atomic mass is 16.5. The number of ether oxygens (including phenoxy) is 1. The van der Waals surface area contributed by atoms with E-state index in [0.29, 0.717) is 5.92 Å². The fraction of sp³-hybridized carbons (Fsp3) is 0.571. The van der Waals surface area contributed by atoms with Gasteiger partial charge in [-0.3, -0.25) is 4.79 Å². The molecule has 146 valence electrons. The molecule has 1 saturated heterocycles. The van der Waals surface area contributed by atoms with E-state index in [2.05, 4.69) is 44.7 Å². The van der Waals surface area contributed by atoms with E-state index in [1.54, 1.807) is 0 Å². The summed E-state index contributed by atoms with van der Waals surface area (Å²) in [7, 11) is 1.46. The van der Waals surface area contributed by atoms with E-state index in [9.17, 15) is 4.79 Å². The highest BCUT2D eigenvalue weighted by Crippen LogP contribution is 2.28. The predicted molar refractivity (Wildman–Crippen MR) is 107 cm³/mol. The molecule has 0 N–H and O–H groups in total. The summed E-state index contributed by atoms with van der Waals surface area (Å²) in [4.78, 5) is 18.8. The molecule has 0 aliphatic carbocycles. The van der Waals surface area contributed by atoms with Crippen LogP contribution in [0.4, 0.5) is 5.82 Å². The third-order valence-electron chi connectivity index (χ3n) is 5.55. The second-order valence-corrected chi connectivity index (χ2v) is 7.71. The monoisotopic (exact) mass is 370 g/mol. The Hall–Kier alpha value is -2.37. The van der Waals surface area contributed by atoms with E-state index in [-0.39, 0.29) is 11.9 Å². The number of aromatic nitrogens is 3. The van der Waals surface area contributed by atoms with Crippen molar-refractivity contribution in [1.29, 1.82) is 0 Å². The number of hydrogen-bond donors (Lipinski definition) is 0. The minimum Gasteiger partial charge on any atom is -0.469 e. The minimum atomic E-state index is -0.0976. The summed E-state index contributed by atoms with van der Waals surface area (Å²) >= 11 is 0. The lowest BCUT2D eigenvalue weighted by Gasteiger charge is -2.31. The standard InChI is InChI=1S/C21H30N4O2/c1-13(2)20-15(4)23-25(16(20)5)18-7-8-19(22-14(18)3)24-11-9-17(10-12-24)21(26)27-6/h7-8,13,17H,9-12H2,1-6H3. The summed E-state index contributed by atoms with van der Waals surface area (Å²) in [6.45, 7) is 12.3. The molecule has 0 atom stereocenters.